The monoisotopic (exact) mass is 386 g/mol. The van der Waals surface area contributed by atoms with E-state index in [2.05, 4.69) is 15.3 Å². The lowest BCUT2D eigenvalue weighted by molar-refractivity contribution is 0.0574. The van der Waals surface area contributed by atoms with E-state index < -0.39 is 0 Å². The Labute approximate surface area is 165 Å². The van der Waals surface area contributed by atoms with Crippen LogP contribution in [0.2, 0.25) is 5.02 Å². The highest BCUT2D eigenvalue weighted by molar-refractivity contribution is 6.30. The van der Waals surface area contributed by atoms with Gasteiger partial charge in [-0.25, -0.2) is 0 Å². The Morgan fingerprint density at radius 3 is 2.78 bits per heavy atom. The van der Waals surface area contributed by atoms with Crippen LogP contribution in [-0.4, -0.2) is 46.3 Å². The van der Waals surface area contributed by atoms with Crippen molar-refractivity contribution >= 4 is 17.5 Å². The van der Waals surface area contributed by atoms with E-state index in [0.717, 1.165) is 17.8 Å². The van der Waals surface area contributed by atoms with Crippen LogP contribution in [-0.2, 0) is 7.05 Å². The molecular formula is C21H27ClN4O. The number of benzene rings is 1. The summed E-state index contributed by atoms with van der Waals surface area (Å²) in [6.07, 6.45) is 6.36. The van der Waals surface area contributed by atoms with Crippen LogP contribution in [0.1, 0.15) is 42.6 Å². The van der Waals surface area contributed by atoms with Gasteiger partial charge < -0.3 is 10.2 Å². The number of aryl methyl sites for hydroxylation is 1. The number of piperidine rings is 2. The van der Waals surface area contributed by atoms with E-state index in [1.54, 1.807) is 4.68 Å². The first-order valence-electron chi connectivity index (χ1n) is 9.94. The van der Waals surface area contributed by atoms with Gasteiger partial charge in [0.2, 0.25) is 0 Å². The molecule has 144 valence electrons. The number of fused-ring (bicyclic) bond motifs is 1. The standard InChI is InChI=1S/C21H27ClN4O/c1-25-20(13-18(24-25)15-7-9-17(22)10-8-15)21(27)23-14-16-5-4-12-26-11-3-2-6-19(16)26/h7-10,13,16,19H,2-6,11-12,14H2,1H3,(H,23,27)/t16-,19+/m0/s1. The fraction of sp³-hybridized carbons (Fsp3) is 0.524. The third-order valence-corrected chi connectivity index (χ3v) is 6.26. The minimum Gasteiger partial charge on any atom is -0.350 e. The molecule has 1 aromatic carbocycles. The summed E-state index contributed by atoms with van der Waals surface area (Å²) < 4.78 is 1.66. The first kappa shape index (κ1) is 18.5. The summed E-state index contributed by atoms with van der Waals surface area (Å²) in [6.45, 7) is 3.20. The lowest BCUT2D eigenvalue weighted by atomic mass is 9.83. The van der Waals surface area contributed by atoms with Crippen molar-refractivity contribution in [2.75, 3.05) is 19.6 Å². The van der Waals surface area contributed by atoms with Gasteiger partial charge in [-0.15, -0.1) is 0 Å². The average Bonchev–Trinajstić information content (AvgIpc) is 3.08. The van der Waals surface area contributed by atoms with Crippen molar-refractivity contribution in [1.82, 2.24) is 20.0 Å². The molecule has 4 rings (SSSR count). The summed E-state index contributed by atoms with van der Waals surface area (Å²) in [4.78, 5) is 15.4. The predicted octanol–water partition coefficient (Wildman–Crippen LogP) is 3.73. The highest BCUT2D eigenvalue weighted by Gasteiger charge is 2.33. The molecule has 0 unspecified atom stereocenters. The molecule has 0 bridgehead atoms. The van der Waals surface area contributed by atoms with E-state index in [-0.39, 0.29) is 5.91 Å². The lowest BCUT2D eigenvalue weighted by Gasteiger charge is -2.44. The fourth-order valence-electron chi connectivity index (χ4n) is 4.57. The molecule has 2 fully saturated rings. The summed E-state index contributed by atoms with van der Waals surface area (Å²) in [5.41, 5.74) is 2.34. The number of nitrogens with one attached hydrogen (secondary N) is 1. The van der Waals surface area contributed by atoms with E-state index in [9.17, 15) is 4.79 Å². The summed E-state index contributed by atoms with van der Waals surface area (Å²) in [5, 5.41) is 8.36. The van der Waals surface area contributed by atoms with Crippen LogP contribution in [0.4, 0.5) is 0 Å². The van der Waals surface area contributed by atoms with Gasteiger partial charge in [-0.1, -0.05) is 30.2 Å². The van der Waals surface area contributed by atoms with Crippen LogP contribution in [0, 0.1) is 5.92 Å². The SMILES string of the molecule is Cn1nc(-c2ccc(Cl)cc2)cc1C(=O)NC[C@@H]1CCCN2CCCC[C@H]12. The molecule has 0 saturated carbocycles. The summed E-state index contributed by atoms with van der Waals surface area (Å²) >= 11 is 5.96. The smallest absolute Gasteiger partial charge is 0.269 e. The first-order valence-corrected chi connectivity index (χ1v) is 10.3. The van der Waals surface area contributed by atoms with E-state index in [4.69, 9.17) is 11.6 Å². The van der Waals surface area contributed by atoms with Gasteiger partial charge in [0.05, 0.1) is 5.69 Å². The lowest BCUT2D eigenvalue weighted by Crippen LogP contribution is -2.51. The molecule has 1 N–H and O–H groups in total. The summed E-state index contributed by atoms with van der Waals surface area (Å²) in [5.74, 6) is 0.519. The van der Waals surface area contributed by atoms with E-state index in [1.807, 2.05) is 37.4 Å². The third kappa shape index (κ3) is 4.04. The Balaban J connectivity index is 1.42. The molecule has 2 aliphatic rings. The number of rotatable bonds is 4. The fourth-order valence-corrected chi connectivity index (χ4v) is 4.70. The molecule has 2 atom stereocenters. The zero-order valence-electron chi connectivity index (χ0n) is 15.8. The average molecular weight is 387 g/mol. The van der Waals surface area contributed by atoms with E-state index >= 15 is 0 Å². The molecule has 2 aliphatic heterocycles. The second-order valence-electron chi connectivity index (χ2n) is 7.76. The maximum absolute atomic E-state index is 12.8. The topological polar surface area (TPSA) is 50.2 Å². The van der Waals surface area contributed by atoms with Crippen molar-refractivity contribution in [2.24, 2.45) is 13.0 Å². The zero-order chi connectivity index (χ0) is 18.8. The summed E-state index contributed by atoms with van der Waals surface area (Å²) in [7, 11) is 1.82. The van der Waals surface area contributed by atoms with Gasteiger partial charge in [-0.2, -0.15) is 5.10 Å². The Kier molecular flexibility index (Phi) is 5.50. The molecular weight excluding hydrogens is 360 g/mol. The van der Waals surface area contributed by atoms with Gasteiger partial charge in [-0.3, -0.25) is 9.48 Å². The van der Waals surface area contributed by atoms with Crippen LogP contribution in [0.25, 0.3) is 11.3 Å². The largest absolute Gasteiger partial charge is 0.350 e. The molecule has 0 aliphatic carbocycles. The van der Waals surface area contributed by atoms with Crippen molar-refractivity contribution in [2.45, 2.75) is 38.1 Å². The van der Waals surface area contributed by atoms with E-state index in [1.165, 1.54) is 45.2 Å². The molecule has 6 heteroatoms. The predicted molar refractivity (Wildman–Crippen MR) is 108 cm³/mol. The molecule has 0 spiro atoms. The number of amides is 1. The number of nitrogens with zero attached hydrogens (tertiary/aromatic N) is 3. The molecule has 2 aromatic rings. The Hall–Kier alpha value is -1.85. The highest BCUT2D eigenvalue weighted by atomic mass is 35.5. The van der Waals surface area contributed by atoms with Crippen molar-refractivity contribution in [3.05, 3.63) is 41.0 Å². The number of carbonyl (C=O) groups excluding carboxylic acids is 1. The Bertz CT molecular complexity index is 799. The van der Waals surface area contributed by atoms with E-state index in [0.29, 0.717) is 22.7 Å². The van der Waals surface area contributed by atoms with Gasteiger partial charge >= 0.3 is 0 Å². The number of halogens is 1. The second-order valence-corrected chi connectivity index (χ2v) is 8.19. The second kappa shape index (κ2) is 8.03. The molecule has 5 nitrogen and oxygen atoms in total. The Morgan fingerprint density at radius 1 is 1.19 bits per heavy atom. The summed E-state index contributed by atoms with van der Waals surface area (Å²) in [6, 6.07) is 10.0. The number of aromatic nitrogens is 2. The normalized spacial score (nSPS) is 23.0. The molecule has 1 aromatic heterocycles. The molecule has 0 radical (unpaired) electrons. The molecule has 1 amide bonds. The van der Waals surface area contributed by atoms with Gasteiger partial charge in [0.15, 0.2) is 0 Å². The minimum atomic E-state index is -0.0434. The van der Waals surface area contributed by atoms with Crippen LogP contribution in [0.3, 0.4) is 0 Å². The quantitative estimate of drug-likeness (QED) is 0.870. The van der Waals surface area contributed by atoms with Crippen LogP contribution < -0.4 is 5.32 Å². The minimum absolute atomic E-state index is 0.0434. The van der Waals surface area contributed by atoms with Crippen molar-refractivity contribution in [1.29, 1.82) is 0 Å². The van der Waals surface area contributed by atoms with Gasteiger partial charge in [0.25, 0.3) is 5.91 Å². The molecule has 27 heavy (non-hydrogen) atoms. The maximum atomic E-state index is 12.8. The molecule has 3 heterocycles. The number of hydrogen-bond donors (Lipinski definition) is 1. The van der Waals surface area contributed by atoms with Crippen molar-refractivity contribution in [3.8, 4) is 11.3 Å². The maximum Gasteiger partial charge on any atom is 0.269 e. The zero-order valence-corrected chi connectivity index (χ0v) is 16.6. The first-order chi connectivity index (χ1) is 13.1. The van der Waals surface area contributed by atoms with Gasteiger partial charge in [0.1, 0.15) is 5.69 Å². The molecule has 2 saturated heterocycles. The number of hydrogen-bond acceptors (Lipinski definition) is 3. The third-order valence-electron chi connectivity index (χ3n) is 6.01. The Morgan fingerprint density at radius 2 is 1.96 bits per heavy atom. The van der Waals surface area contributed by atoms with Crippen molar-refractivity contribution < 1.29 is 4.79 Å². The highest BCUT2D eigenvalue weighted by Crippen LogP contribution is 2.30. The van der Waals surface area contributed by atoms with Crippen molar-refractivity contribution in [3.63, 3.8) is 0 Å². The van der Waals surface area contributed by atoms with Crippen LogP contribution in [0.15, 0.2) is 30.3 Å². The van der Waals surface area contributed by atoms with Crippen LogP contribution >= 0.6 is 11.6 Å². The van der Waals surface area contributed by atoms with Gasteiger partial charge in [-0.05, 0) is 62.9 Å². The van der Waals surface area contributed by atoms with Gasteiger partial charge in [0, 0.05) is 30.2 Å². The van der Waals surface area contributed by atoms with Crippen LogP contribution in [0.5, 0.6) is 0 Å². The number of carbonyl (C=O) groups is 1.